The Balaban J connectivity index is 1.54. The van der Waals surface area contributed by atoms with Crippen LogP contribution in [0.4, 0.5) is 23.2 Å². The van der Waals surface area contributed by atoms with Crippen molar-refractivity contribution < 1.29 is 30.8 Å². The summed E-state index contributed by atoms with van der Waals surface area (Å²) in [4.78, 5) is 17.1. The summed E-state index contributed by atoms with van der Waals surface area (Å²) in [6.45, 7) is 0. The van der Waals surface area contributed by atoms with Crippen LogP contribution in [0.3, 0.4) is 0 Å². The van der Waals surface area contributed by atoms with Gasteiger partial charge in [-0.3, -0.25) is 9.52 Å². The second-order valence-corrected chi connectivity index (χ2v) is 11.2. The number of rotatable bonds is 6. The number of carbonyl (C=O) groups excluding carboxylic acids is 1. The normalized spacial score (nSPS) is 15.0. The molecule has 1 heterocycles. The number of hydrogen-bond donors (Lipinski definition) is 2. The van der Waals surface area contributed by atoms with Gasteiger partial charge in [-0.15, -0.1) is 11.3 Å². The van der Waals surface area contributed by atoms with Gasteiger partial charge in [-0.1, -0.05) is 30.9 Å². The van der Waals surface area contributed by atoms with Gasteiger partial charge in [0, 0.05) is 22.5 Å². The largest absolute Gasteiger partial charge is 0.516 e. The fraction of sp³-hybridized carbons (Fsp3) is 0.304. The van der Waals surface area contributed by atoms with Gasteiger partial charge in [0.2, 0.25) is 0 Å². The molecule has 192 valence electrons. The van der Waals surface area contributed by atoms with Gasteiger partial charge >= 0.3 is 15.5 Å². The minimum Gasteiger partial charge on any atom is -0.349 e. The SMILES string of the molecule is O=C(NC1CCCCC1)c1cc(-c2nc(-c3ccc(NS(=O)(=O)C(F)(F)F)cc3Cl)cs2)ccc1F. The minimum atomic E-state index is -5.59. The van der Waals surface area contributed by atoms with Crippen LogP contribution < -0.4 is 10.0 Å². The predicted octanol–water partition coefficient (Wildman–Crippen LogP) is 6.59. The lowest BCUT2D eigenvalue weighted by Crippen LogP contribution is -2.36. The Labute approximate surface area is 213 Å². The number of nitrogens with one attached hydrogen (secondary N) is 2. The average Bonchev–Trinajstić information content (AvgIpc) is 3.29. The van der Waals surface area contributed by atoms with E-state index in [1.165, 1.54) is 40.3 Å². The Morgan fingerprint density at radius 2 is 1.81 bits per heavy atom. The van der Waals surface area contributed by atoms with Crippen molar-refractivity contribution in [1.29, 1.82) is 0 Å². The van der Waals surface area contributed by atoms with Gasteiger partial charge in [-0.25, -0.2) is 9.37 Å². The van der Waals surface area contributed by atoms with Gasteiger partial charge < -0.3 is 5.32 Å². The second kappa shape index (κ2) is 10.3. The number of nitrogens with zero attached hydrogens (tertiary/aromatic N) is 1. The zero-order valence-electron chi connectivity index (χ0n) is 18.5. The van der Waals surface area contributed by atoms with E-state index in [1.54, 1.807) is 5.38 Å². The number of sulfonamides is 1. The third kappa shape index (κ3) is 5.81. The molecule has 4 rings (SSSR count). The smallest absolute Gasteiger partial charge is 0.349 e. The molecule has 0 atom stereocenters. The molecule has 0 aliphatic heterocycles. The molecule has 0 saturated heterocycles. The Bertz CT molecular complexity index is 1390. The lowest BCUT2D eigenvalue weighted by atomic mass is 9.95. The molecule has 1 saturated carbocycles. The molecule has 1 aliphatic rings. The Hall–Kier alpha value is -2.70. The summed E-state index contributed by atoms with van der Waals surface area (Å²) in [6.07, 6.45) is 4.89. The summed E-state index contributed by atoms with van der Waals surface area (Å²) in [5.74, 6) is -1.14. The summed E-state index contributed by atoms with van der Waals surface area (Å²) in [6, 6.07) is 7.65. The van der Waals surface area contributed by atoms with Crippen molar-refractivity contribution in [2.75, 3.05) is 4.72 Å². The van der Waals surface area contributed by atoms with E-state index in [0.717, 1.165) is 44.2 Å². The molecule has 0 radical (unpaired) electrons. The second-order valence-electron chi connectivity index (χ2n) is 8.29. The number of carbonyl (C=O) groups is 1. The van der Waals surface area contributed by atoms with Crippen molar-refractivity contribution in [2.45, 2.75) is 43.7 Å². The Kier molecular flexibility index (Phi) is 7.58. The summed E-state index contributed by atoms with van der Waals surface area (Å²) in [7, 11) is -5.59. The fourth-order valence-corrected chi connectivity index (χ4v) is 5.52. The maximum atomic E-state index is 14.4. The molecule has 2 aromatic carbocycles. The highest BCUT2D eigenvalue weighted by Crippen LogP contribution is 2.35. The molecule has 1 fully saturated rings. The Morgan fingerprint density at radius 3 is 2.47 bits per heavy atom. The highest BCUT2D eigenvalue weighted by atomic mass is 35.5. The third-order valence-electron chi connectivity index (χ3n) is 5.70. The maximum Gasteiger partial charge on any atom is 0.516 e. The molecule has 0 bridgehead atoms. The van der Waals surface area contributed by atoms with Gasteiger partial charge in [0.1, 0.15) is 10.8 Å². The van der Waals surface area contributed by atoms with Gasteiger partial charge in [-0.2, -0.15) is 21.6 Å². The van der Waals surface area contributed by atoms with Crippen molar-refractivity contribution in [2.24, 2.45) is 0 Å². The fourth-order valence-electron chi connectivity index (χ4n) is 3.87. The summed E-state index contributed by atoms with van der Waals surface area (Å²) < 4.78 is 76.3. The van der Waals surface area contributed by atoms with Crippen molar-refractivity contribution in [1.82, 2.24) is 10.3 Å². The van der Waals surface area contributed by atoms with Crippen LogP contribution in [0.15, 0.2) is 41.8 Å². The van der Waals surface area contributed by atoms with Crippen molar-refractivity contribution in [3.05, 3.63) is 58.2 Å². The summed E-state index contributed by atoms with van der Waals surface area (Å²) in [5, 5.41) is 4.97. The van der Waals surface area contributed by atoms with Crippen molar-refractivity contribution in [3.63, 3.8) is 0 Å². The number of hydrogen-bond acceptors (Lipinski definition) is 5. The van der Waals surface area contributed by atoms with Gasteiger partial charge in [-0.05, 0) is 49.2 Å². The molecule has 2 N–H and O–H groups in total. The predicted molar refractivity (Wildman–Crippen MR) is 131 cm³/mol. The van der Waals surface area contributed by atoms with Crippen LogP contribution in [0.25, 0.3) is 21.8 Å². The molecule has 13 heteroatoms. The molecule has 3 aromatic rings. The van der Waals surface area contributed by atoms with Crippen molar-refractivity contribution in [3.8, 4) is 21.8 Å². The monoisotopic (exact) mass is 561 g/mol. The number of amides is 1. The summed E-state index contributed by atoms with van der Waals surface area (Å²) >= 11 is 7.39. The number of alkyl halides is 3. The molecular formula is C23H20ClF4N3O3S2. The summed E-state index contributed by atoms with van der Waals surface area (Å²) in [5.41, 5.74) is -4.68. The van der Waals surface area contributed by atoms with E-state index in [4.69, 9.17) is 11.6 Å². The topological polar surface area (TPSA) is 88.2 Å². The zero-order valence-corrected chi connectivity index (χ0v) is 20.9. The minimum absolute atomic E-state index is 0.0199. The van der Waals surface area contributed by atoms with E-state index in [0.29, 0.717) is 21.8 Å². The van der Waals surface area contributed by atoms with Crippen LogP contribution in [0.2, 0.25) is 5.02 Å². The number of anilines is 1. The average molecular weight is 562 g/mol. The molecular weight excluding hydrogens is 542 g/mol. The highest BCUT2D eigenvalue weighted by Gasteiger charge is 2.46. The first-order chi connectivity index (χ1) is 16.9. The molecule has 1 aliphatic carbocycles. The molecule has 6 nitrogen and oxygen atoms in total. The van der Waals surface area contributed by atoms with E-state index < -0.39 is 27.3 Å². The standard InChI is InChI=1S/C23H20ClF4N3O3S2/c24-18-11-15(31-36(33,34)23(26,27)28)7-8-16(18)20-12-35-22(30-20)13-6-9-19(25)17(10-13)21(32)29-14-4-2-1-3-5-14/h6-12,14,31H,1-5H2,(H,29,32). The van der Waals surface area contributed by atoms with E-state index in [2.05, 4.69) is 10.3 Å². The zero-order chi connectivity index (χ0) is 26.1. The Morgan fingerprint density at radius 1 is 1.08 bits per heavy atom. The van der Waals surface area contributed by atoms with E-state index in [1.807, 2.05) is 0 Å². The maximum absolute atomic E-state index is 14.4. The third-order valence-corrected chi connectivity index (χ3v) is 8.02. The lowest BCUT2D eigenvalue weighted by Gasteiger charge is -2.22. The molecule has 36 heavy (non-hydrogen) atoms. The number of benzene rings is 2. The van der Waals surface area contributed by atoms with E-state index in [-0.39, 0.29) is 22.3 Å². The molecule has 0 spiro atoms. The van der Waals surface area contributed by atoms with E-state index in [9.17, 15) is 30.8 Å². The highest BCUT2D eigenvalue weighted by molar-refractivity contribution is 7.93. The van der Waals surface area contributed by atoms with E-state index >= 15 is 0 Å². The number of aromatic nitrogens is 1. The van der Waals surface area contributed by atoms with Crippen LogP contribution in [0.1, 0.15) is 42.5 Å². The van der Waals surface area contributed by atoms with Gasteiger partial charge in [0.05, 0.1) is 22.0 Å². The lowest BCUT2D eigenvalue weighted by molar-refractivity contribution is -0.0429. The molecule has 0 unspecified atom stereocenters. The van der Waals surface area contributed by atoms with Crippen LogP contribution in [-0.2, 0) is 10.0 Å². The van der Waals surface area contributed by atoms with Gasteiger partial charge in [0.25, 0.3) is 5.91 Å². The number of halogens is 5. The van der Waals surface area contributed by atoms with Crippen LogP contribution >= 0.6 is 22.9 Å². The first kappa shape index (κ1) is 26.4. The number of thiazole rings is 1. The first-order valence-corrected chi connectivity index (χ1v) is 13.6. The van der Waals surface area contributed by atoms with Gasteiger partial charge in [0.15, 0.2) is 0 Å². The first-order valence-electron chi connectivity index (χ1n) is 10.9. The quantitative estimate of drug-likeness (QED) is 0.332. The van der Waals surface area contributed by atoms with Crippen LogP contribution in [0.5, 0.6) is 0 Å². The van der Waals surface area contributed by atoms with Crippen molar-refractivity contribution >= 4 is 44.6 Å². The van der Waals surface area contributed by atoms with Crippen LogP contribution in [0, 0.1) is 5.82 Å². The van der Waals surface area contributed by atoms with Crippen LogP contribution in [-0.4, -0.2) is 30.9 Å². The molecule has 1 aromatic heterocycles. The molecule has 1 amide bonds.